The molecule has 3 aromatic rings. The Hall–Kier alpha value is -3.69. The lowest BCUT2D eigenvalue weighted by molar-refractivity contribution is -0.156. The van der Waals surface area contributed by atoms with Crippen LogP contribution in [0, 0.1) is 0 Å². The van der Waals surface area contributed by atoms with Crippen molar-refractivity contribution in [2.75, 3.05) is 14.2 Å². The summed E-state index contributed by atoms with van der Waals surface area (Å²) in [5.41, 5.74) is 2.95. The largest absolute Gasteiger partial charge is 0.497 e. The number of esters is 1. The topological polar surface area (TPSA) is 109 Å². The normalized spacial score (nSPS) is 18.8. The molecule has 10 heteroatoms. The number of tetrazole rings is 1. The van der Waals surface area contributed by atoms with Gasteiger partial charge in [0.15, 0.2) is 5.82 Å². The van der Waals surface area contributed by atoms with Gasteiger partial charge in [-0.2, -0.15) is 0 Å². The van der Waals surface area contributed by atoms with E-state index in [1.165, 1.54) is 0 Å². The number of carbonyl (C=O) groups is 1. The molecule has 2 heterocycles. The molecule has 1 saturated heterocycles. The molecule has 4 rings (SSSR count). The third-order valence-corrected chi connectivity index (χ3v) is 5.93. The molecule has 0 spiro atoms. The van der Waals surface area contributed by atoms with Gasteiger partial charge in [0.05, 0.1) is 31.8 Å². The van der Waals surface area contributed by atoms with Crippen LogP contribution in [0.15, 0.2) is 54.6 Å². The monoisotopic (exact) mass is 496 g/mol. The van der Waals surface area contributed by atoms with Crippen molar-refractivity contribution in [2.45, 2.75) is 25.0 Å². The van der Waals surface area contributed by atoms with Gasteiger partial charge in [0.2, 0.25) is 0 Å². The SMILES string of the molecule is COc1ccc(C(=C(C=C[C@@H]2C[C@@H](O)CC(=O)O2)c2nnnn2C)c2ccc(OC)cc2Cl)cc1. The second kappa shape index (κ2) is 10.7. The van der Waals surface area contributed by atoms with Crippen LogP contribution in [0.5, 0.6) is 11.5 Å². The number of aryl methyl sites for hydroxylation is 1. The summed E-state index contributed by atoms with van der Waals surface area (Å²) in [6, 6.07) is 12.9. The van der Waals surface area contributed by atoms with Gasteiger partial charge in [-0.05, 0) is 52.4 Å². The Morgan fingerprint density at radius 3 is 2.49 bits per heavy atom. The number of benzene rings is 2. The predicted octanol–water partition coefficient (Wildman–Crippen LogP) is 3.46. The lowest BCUT2D eigenvalue weighted by Gasteiger charge is -2.23. The first-order valence-electron chi connectivity index (χ1n) is 10.9. The summed E-state index contributed by atoms with van der Waals surface area (Å²) in [6.07, 6.45) is 2.46. The fraction of sp³-hybridized carbons (Fsp3) is 0.280. The van der Waals surface area contributed by atoms with Crippen molar-refractivity contribution in [2.24, 2.45) is 7.05 Å². The average molecular weight is 497 g/mol. The number of halogens is 1. The number of cyclic esters (lactones) is 1. The summed E-state index contributed by atoms with van der Waals surface area (Å²) in [6.45, 7) is 0. The van der Waals surface area contributed by atoms with Crippen molar-refractivity contribution in [1.29, 1.82) is 0 Å². The third-order valence-electron chi connectivity index (χ3n) is 5.62. The number of carbonyl (C=O) groups excluding carboxylic acids is 1. The predicted molar refractivity (Wildman–Crippen MR) is 130 cm³/mol. The fourth-order valence-electron chi connectivity index (χ4n) is 3.90. The molecule has 0 radical (unpaired) electrons. The molecular formula is C25H25ClN4O5. The maximum absolute atomic E-state index is 11.8. The molecule has 1 aromatic heterocycles. The fourth-order valence-corrected chi connectivity index (χ4v) is 4.16. The van der Waals surface area contributed by atoms with E-state index in [4.69, 9.17) is 25.8 Å². The maximum Gasteiger partial charge on any atom is 0.309 e. The molecule has 0 amide bonds. The van der Waals surface area contributed by atoms with Crippen LogP contribution in [-0.2, 0) is 16.6 Å². The first kappa shape index (κ1) is 24.4. The van der Waals surface area contributed by atoms with E-state index in [0.29, 0.717) is 34.3 Å². The van der Waals surface area contributed by atoms with Crippen molar-refractivity contribution >= 4 is 28.7 Å². The Balaban J connectivity index is 1.94. The van der Waals surface area contributed by atoms with Gasteiger partial charge in [-0.25, -0.2) is 4.68 Å². The lowest BCUT2D eigenvalue weighted by Crippen LogP contribution is -2.31. The van der Waals surface area contributed by atoms with E-state index in [1.807, 2.05) is 36.4 Å². The number of ether oxygens (including phenoxy) is 3. The minimum Gasteiger partial charge on any atom is -0.497 e. The van der Waals surface area contributed by atoms with Crippen molar-refractivity contribution in [3.05, 3.63) is 76.6 Å². The van der Waals surface area contributed by atoms with Crippen LogP contribution >= 0.6 is 11.6 Å². The zero-order valence-corrected chi connectivity index (χ0v) is 20.3. The number of methoxy groups -OCH3 is 2. The maximum atomic E-state index is 11.8. The minimum absolute atomic E-state index is 0.0151. The van der Waals surface area contributed by atoms with E-state index in [0.717, 1.165) is 16.7 Å². The zero-order valence-electron chi connectivity index (χ0n) is 19.5. The highest BCUT2D eigenvalue weighted by atomic mass is 35.5. The number of hydrogen-bond donors (Lipinski definition) is 1. The van der Waals surface area contributed by atoms with E-state index in [2.05, 4.69) is 15.5 Å². The number of rotatable bonds is 7. The van der Waals surface area contributed by atoms with E-state index >= 15 is 0 Å². The molecule has 1 N–H and O–H groups in total. The Morgan fingerprint density at radius 2 is 1.89 bits per heavy atom. The van der Waals surface area contributed by atoms with Crippen LogP contribution < -0.4 is 9.47 Å². The van der Waals surface area contributed by atoms with Gasteiger partial charge in [0, 0.05) is 30.2 Å². The number of allylic oxidation sites excluding steroid dienone is 2. The van der Waals surface area contributed by atoms with Crippen LogP contribution in [0.25, 0.3) is 11.1 Å². The van der Waals surface area contributed by atoms with Crippen molar-refractivity contribution in [3.63, 3.8) is 0 Å². The molecule has 1 fully saturated rings. The molecule has 182 valence electrons. The van der Waals surface area contributed by atoms with E-state index in [-0.39, 0.29) is 6.42 Å². The Bertz CT molecular complexity index is 1270. The zero-order chi connectivity index (χ0) is 24.9. The second-order valence-corrected chi connectivity index (χ2v) is 8.38. The summed E-state index contributed by atoms with van der Waals surface area (Å²) in [5, 5.41) is 22.5. The summed E-state index contributed by atoms with van der Waals surface area (Å²) >= 11 is 6.72. The summed E-state index contributed by atoms with van der Waals surface area (Å²) < 4.78 is 17.6. The van der Waals surface area contributed by atoms with Crippen LogP contribution in [0.2, 0.25) is 5.02 Å². The van der Waals surface area contributed by atoms with E-state index in [1.54, 1.807) is 44.2 Å². The van der Waals surface area contributed by atoms with Gasteiger partial charge < -0.3 is 19.3 Å². The number of aromatic nitrogens is 4. The van der Waals surface area contributed by atoms with Crippen molar-refractivity contribution in [1.82, 2.24) is 20.2 Å². The third kappa shape index (κ3) is 5.52. The average Bonchev–Trinajstić information content (AvgIpc) is 3.27. The minimum atomic E-state index is -0.757. The summed E-state index contributed by atoms with van der Waals surface area (Å²) in [5.74, 6) is 1.35. The van der Waals surface area contributed by atoms with Gasteiger partial charge in [0.25, 0.3) is 0 Å². The van der Waals surface area contributed by atoms with Gasteiger partial charge >= 0.3 is 5.97 Å². The van der Waals surface area contributed by atoms with Gasteiger partial charge in [-0.1, -0.05) is 29.8 Å². The molecule has 2 atom stereocenters. The Morgan fingerprint density at radius 1 is 1.17 bits per heavy atom. The van der Waals surface area contributed by atoms with Gasteiger partial charge in [-0.15, -0.1) is 5.10 Å². The van der Waals surface area contributed by atoms with Crippen LogP contribution in [0.4, 0.5) is 0 Å². The Kier molecular flexibility index (Phi) is 7.48. The lowest BCUT2D eigenvalue weighted by atomic mass is 9.91. The second-order valence-electron chi connectivity index (χ2n) is 7.97. The number of hydrogen-bond acceptors (Lipinski definition) is 8. The summed E-state index contributed by atoms with van der Waals surface area (Å²) in [7, 11) is 4.91. The molecule has 1 aliphatic heterocycles. The molecule has 0 saturated carbocycles. The first-order chi connectivity index (χ1) is 16.9. The van der Waals surface area contributed by atoms with E-state index < -0.39 is 18.2 Å². The highest BCUT2D eigenvalue weighted by Crippen LogP contribution is 2.38. The molecule has 1 aliphatic rings. The molecule has 0 bridgehead atoms. The summed E-state index contributed by atoms with van der Waals surface area (Å²) in [4.78, 5) is 11.8. The molecule has 35 heavy (non-hydrogen) atoms. The van der Waals surface area contributed by atoms with Gasteiger partial charge in [-0.3, -0.25) is 4.79 Å². The van der Waals surface area contributed by atoms with Crippen LogP contribution in [0.1, 0.15) is 29.8 Å². The Labute approximate surface area is 207 Å². The van der Waals surface area contributed by atoms with Crippen molar-refractivity contribution in [3.8, 4) is 11.5 Å². The van der Waals surface area contributed by atoms with E-state index in [9.17, 15) is 9.90 Å². The van der Waals surface area contributed by atoms with Crippen LogP contribution in [0.3, 0.4) is 0 Å². The standard InChI is InChI=1S/C25H25ClN4O5/c1-30-25(27-28-29-30)21(11-9-19-12-16(31)13-23(32)35-19)24(15-4-6-17(33-2)7-5-15)20-10-8-18(34-3)14-22(20)26/h4-11,14,16,19,31H,12-13H2,1-3H3/t16-,19-/m1/s1. The van der Waals surface area contributed by atoms with Crippen LogP contribution in [-0.4, -0.2) is 57.7 Å². The van der Waals surface area contributed by atoms with Crippen molar-refractivity contribution < 1.29 is 24.1 Å². The molecule has 0 aliphatic carbocycles. The quantitative estimate of drug-likeness (QED) is 0.391. The highest BCUT2D eigenvalue weighted by Gasteiger charge is 2.26. The smallest absolute Gasteiger partial charge is 0.309 e. The molecule has 2 aromatic carbocycles. The van der Waals surface area contributed by atoms with Gasteiger partial charge in [0.1, 0.15) is 17.6 Å². The number of aliphatic hydroxyl groups excluding tert-OH is 1. The first-order valence-corrected chi connectivity index (χ1v) is 11.3. The molecule has 9 nitrogen and oxygen atoms in total. The highest BCUT2D eigenvalue weighted by molar-refractivity contribution is 6.33. The molecule has 0 unspecified atom stereocenters. The number of aliphatic hydroxyl groups is 1. The molecular weight excluding hydrogens is 472 g/mol. The number of nitrogens with zero attached hydrogens (tertiary/aromatic N) is 4.